The summed E-state index contributed by atoms with van der Waals surface area (Å²) < 4.78 is 47.0. The highest BCUT2D eigenvalue weighted by Gasteiger charge is 2.31. The van der Waals surface area contributed by atoms with Crippen LogP contribution < -0.4 is 9.47 Å². The van der Waals surface area contributed by atoms with Crippen molar-refractivity contribution in [2.24, 2.45) is 0 Å². The van der Waals surface area contributed by atoms with E-state index in [1.165, 1.54) is 28.8 Å². The predicted molar refractivity (Wildman–Crippen MR) is 117 cm³/mol. The summed E-state index contributed by atoms with van der Waals surface area (Å²) >= 11 is 0. The Morgan fingerprint density at radius 2 is 1.62 bits per heavy atom. The summed E-state index contributed by atoms with van der Waals surface area (Å²) in [6, 6.07) is 10.3. The lowest BCUT2D eigenvalue weighted by molar-refractivity contribution is -0.274. The van der Waals surface area contributed by atoms with Gasteiger partial charge in [0, 0.05) is 52.4 Å². The second kappa shape index (κ2) is 9.68. The fourth-order valence-electron chi connectivity index (χ4n) is 4.36. The Morgan fingerprint density at radius 3 is 2.31 bits per heavy atom. The molecule has 32 heavy (non-hydrogen) atoms. The number of halogens is 3. The van der Waals surface area contributed by atoms with Crippen molar-refractivity contribution in [2.75, 3.05) is 46.4 Å². The van der Waals surface area contributed by atoms with Crippen molar-refractivity contribution >= 4 is 0 Å². The quantitative estimate of drug-likeness (QED) is 0.637. The number of hydrogen-bond acceptors (Lipinski definition) is 5. The zero-order chi connectivity index (χ0) is 22.7. The van der Waals surface area contributed by atoms with E-state index in [1.807, 2.05) is 0 Å². The van der Waals surface area contributed by atoms with Crippen LogP contribution in [0.4, 0.5) is 13.2 Å². The molecule has 2 aliphatic rings. The van der Waals surface area contributed by atoms with E-state index in [4.69, 9.17) is 4.74 Å². The first-order chi connectivity index (χ1) is 15.2. The summed E-state index contributed by atoms with van der Waals surface area (Å²) in [5, 5.41) is 0. The van der Waals surface area contributed by atoms with E-state index in [2.05, 4.69) is 45.5 Å². The van der Waals surface area contributed by atoms with Crippen molar-refractivity contribution in [3.05, 3.63) is 58.7 Å². The number of aryl methyl sites for hydroxylation is 1. The Labute approximate surface area is 187 Å². The number of likely N-dealkylation sites (N-methyl/N-ethyl adjacent to an activating group) is 1. The molecule has 0 N–H and O–H groups in total. The van der Waals surface area contributed by atoms with E-state index in [1.54, 1.807) is 12.1 Å². The summed E-state index contributed by atoms with van der Waals surface area (Å²) in [6.07, 6.45) is -4.67. The monoisotopic (exact) mass is 449 g/mol. The van der Waals surface area contributed by atoms with Crippen LogP contribution >= 0.6 is 0 Å². The minimum atomic E-state index is -4.67. The lowest BCUT2D eigenvalue weighted by atomic mass is 10.0. The molecular weight excluding hydrogens is 419 g/mol. The van der Waals surface area contributed by atoms with Crippen LogP contribution in [0.5, 0.6) is 11.5 Å². The van der Waals surface area contributed by atoms with Crippen molar-refractivity contribution in [2.45, 2.75) is 32.9 Å². The van der Waals surface area contributed by atoms with Crippen LogP contribution in [0.1, 0.15) is 22.3 Å². The molecule has 2 heterocycles. The third-order valence-electron chi connectivity index (χ3n) is 6.15. The van der Waals surface area contributed by atoms with Crippen LogP contribution in [0.2, 0.25) is 0 Å². The van der Waals surface area contributed by atoms with Crippen molar-refractivity contribution in [3.63, 3.8) is 0 Å². The number of rotatable bonds is 7. The van der Waals surface area contributed by atoms with Crippen molar-refractivity contribution < 1.29 is 22.6 Å². The topological polar surface area (TPSA) is 28.2 Å². The second-order valence-corrected chi connectivity index (χ2v) is 8.71. The van der Waals surface area contributed by atoms with Gasteiger partial charge in [0.15, 0.2) is 0 Å². The van der Waals surface area contributed by atoms with Gasteiger partial charge in [0.05, 0.1) is 0 Å². The summed E-state index contributed by atoms with van der Waals surface area (Å²) in [5.41, 5.74) is 4.74. The molecule has 0 saturated carbocycles. The third-order valence-corrected chi connectivity index (χ3v) is 6.15. The molecule has 2 aromatic rings. The molecule has 4 rings (SSSR count). The molecule has 1 saturated heterocycles. The van der Waals surface area contributed by atoms with E-state index >= 15 is 0 Å². The van der Waals surface area contributed by atoms with Crippen LogP contribution in [-0.2, 0) is 19.6 Å². The van der Waals surface area contributed by atoms with Crippen LogP contribution in [0.3, 0.4) is 0 Å². The fourth-order valence-corrected chi connectivity index (χ4v) is 4.36. The molecule has 0 radical (unpaired) electrons. The summed E-state index contributed by atoms with van der Waals surface area (Å²) in [4.78, 5) is 7.07. The molecule has 174 valence electrons. The maximum absolute atomic E-state index is 12.3. The zero-order valence-electron chi connectivity index (χ0n) is 18.6. The fraction of sp³-hybridized carbons (Fsp3) is 0.500. The van der Waals surface area contributed by atoms with Crippen LogP contribution in [0, 0.1) is 6.92 Å². The Bertz CT molecular complexity index is 910. The summed E-state index contributed by atoms with van der Waals surface area (Å²) in [7, 11) is 2.15. The molecule has 0 amide bonds. The smallest absolute Gasteiger partial charge is 0.492 e. The molecule has 0 aliphatic carbocycles. The highest BCUT2D eigenvalue weighted by molar-refractivity contribution is 5.44. The minimum absolute atomic E-state index is 0.194. The molecule has 1 fully saturated rings. The van der Waals surface area contributed by atoms with Gasteiger partial charge >= 0.3 is 6.36 Å². The van der Waals surface area contributed by atoms with Gasteiger partial charge < -0.3 is 14.4 Å². The predicted octanol–water partition coefficient (Wildman–Crippen LogP) is 4.04. The normalized spacial score (nSPS) is 18.0. The average Bonchev–Trinajstić information content (AvgIpc) is 3.13. The first-order valence-electron chi connectivity index (χ1n) is 11.0. The van der Waals surface area contributed by atoms with Gasteiger partial charge in [-0.05, 0) is 60.5 Å². The SMILES string of the molecule is Cc1cc(OCCN2CCN(C)CC2)cc2c1CN(Cc1ccc(OC(F)(F)F)cc1)C2. The Morgan fingerprint density at radius 1 is 0.906 bits per heavy atom. The molecule has 0 spiro atoms. The van der Waals surface area contributed by atoms with Crippen LogP contribution in [0.15, 0.2) is 36.4 Å². The second-order valence-electron chi connectivity index (χ2n) is 8.71. The number of piperazine rings is 1. The number of nitrogens with zero attached hydrogens (tertiary/aromatic N) is 3. The van der Waals surface area contributed by atoms with Crippen molar-refractivity contribution in [1.29, 1.82) is 0 Å². The van der Waals surface area contributed by atoms with Crippen LogP contribution in [-0.4, -0.2) is 67.4 Å². The molecule has 0 bridgehead atoms. The first kappa shape index (κ1) is 22.9. The minimum Gasteiger partial charge on any atom is -0.492 e. The Hall–Kier alpha value is -2.29. The van der Waals surface area contributed by atoms with Gasteiger partial charge in [0.2, 0.25) is 0 Å². The lowest BCUT2D eigenvalue weighted by Crippen LogP contribution is -2.45. The highest BCUT2D eigenvalue weighted by atomic mass is 19.4. The number of alkyl halides is 3. The molecule has 2 aliphatic heterocycles. The largest absolute Gasteiger partial charge is 0.573 e. The number of benzene rings is 2. The van der Waals surface area contributed by atoms with Gasteiger partial charge in [-0.3, -0.25) is 9.80 Å². The molecule has 5 nitrogen and oxygen atoms in total. The van der Waals surface area contributed by atoms with E-state index in [0.29, 0.717) is 13.2 Å². The molecule has 8 heteroatoms. The van der Waals surface area contributed by atoms with Crippen molar-refractivity contribution in [3.8, 4) is 11.5 Å². The summed E-state index contributed by atoms with van der Waals surface area (Å²) in [5.74, 6) is 0.714. The number of fused-ring (bicyclic) bond motifs is 1. The van der Waals surface area contributed by atoms with E-state index < -0.39 is 6.36 Å². The number of hydrogen-bond donors (Lipinski definition) is 0. The Balaban J connectivity index is 1.30. The third kappa shape index (κ3) is 6.15. The van der Waals surface area contributed by atoms with E-state index in [-0.39, 0.29) is 5.75 Å². The molecule has 0 atom stereocenters. The van der Waals surface area contributed by atoms with Gasteiger partial charge in [-0.15, -0.1) is 13.2 Å². The Kier molecular flexibility index (Phi) is 6.93. The van der Waals surface area contributed by atoms with Gasteiger partial charge in [0.1, 0.15) is 18.1 Å². The maximum Gasteiger partial charge on any atom is 0.573 e. The van der Waals surface area contributed by atoms with Gasteiger partial charge in [-0.2, -0.15) is 0 Å². The lowest BCUT2D eigenvalue weighted by Gasteiger charge is -2.32. The maximum atomic E-state index is 12.3. The van der Waals surface area contributed by atoms with Gasteiger partial charge in [-0.25, -0.2) is 0 Å². The number of ether oxygens (including phenoxy) is 2. The summed E-state index contributed by atoms with van der Waals surface area (Å²) in [6.45, 7) is 10.4. The highest BCUT2D eigenvalue weighted by Crippen LogP contribution is 2.31. The van der Waals surface area contributed by atoms with Crippen LogP contribution in [0.25, 0.3) is 0 Å². The molecule has 2 aromatic carbocycles. The molecule has 0 unspecified atom stereocenters. The van der Waals surface area contributed by atoms with Gasteiger partial charge in [-0.1, -0.05) is 12.1 Å². The first-order valence-corrected chi connectivity index (χ1v) is 11.0. The molecule has 0 aromatic heterocycles. The average molecular weight is 450 g/mol. The van der Waals surface area contributed by atoms with Gasteiger partial charge in [0.25, 0.3) is 0 Å². The van der Waals surface area contributed by atoms with E-state index in [0.717, 1.165) is 57.1 Å². The zero-order valence-corrected chi connectivity index (χ0v) is 18.6. The standard InChI is InChI=1S/C24H30F3N3O2/c1-18-13-22(31-12-11-29-9-7-28(2)8-10-29)14-20-16-30(17-23(18)20)15-19-3-5-21(6-4-19)32-24(25,26)27/h3-6,13-14H,7-12,15-17H2,1-2H3. The van der Waals surface area contributed by atoms with Crippen molar-refractivity contribution in [1.82, 2.24) is 14.7 Å². The molecular formula is C24H30F3N3O2. The van der Waals surface area contributed by atoms with E-state index in [9.17, 15) is 13.2 Å².